The molecular weight excluding hydrogens is 236 g/mol. The maximum atomic E-state index is 11.9. The van der Waals surface area contributed by atoms with E-state index in [4.69, 9.17) is 0 Å². The lowest BCUT2D eigenvalue weighted by Gasteiger charge is -2.27. The summed E-state index contributed by atoms with van der Waals surface area (Å²) in [6, 6.07) is 0.533. The van der Waals surface area contributed by atoms with Gasteiger partial charge in [-0.1, -0.05) is 39.5 Å². The third-order valence-electron chi connectivity index (χ3n) is 3.94. The van der Waals surface area contributed by atoms with Crippen LogP contribution in [-0.4, -0.2) is 24.5 Å². The number of hydrogen-bond acceptors (Lipinski definition) is 2. The Bertz CT molecular complexity index is 253. The van der Waals surface area contributed by atoms with Crippen LogP contribution in [0.3, 0.4) is 0 Å². The maximum Gasteiger partial charge on any atom is 0.237 e. The van der Waals surface area contributed by atoms with Gasteiger partial charge in [0.15, 0.2) is 0 Å². The Morgan fingerprint density at radius 2 is 1.95 bits per heavy atom. The fourth-order valence-corrected chi connectivity index (χ4v) is 2.71. The molecule has 2 N–H and O–H groups in total. The lowest BCUT2D eigenvalue weighted by Crippen LogP contribution is -2.50. The van der Waals surface area contributed by atoms with Crippen molar-refractivity contribution in [2.75, 3.05) is 6.54 Å². The van der Waals surface area contributed by atoms with Crippen LogP contribution in [-0.2, 0) is 4.79 Å². The van der Waals surface area contributed by atoms with Crippen molar-refractivity contribution >= 4 is 5.91 Å². The highest BCUT2D eigenvalue weighted by Crippen LogP contribution is 2.12. The number of amides is 1. The van der Waals surface area contributed by atoms with Gasteiger partial charge in [0.25, 0.3) is 0 Å². The fraction of sp³-hybridized carbons (Fsp3) is 0.938. The number of hydrogen-bond donors (Lipinski definition) is 2. The number of rotatable bonds is 8. The molecule has 0 saturated carbocycles. The SMILES string of the molecule is CC(C)CCCCCCNC(=O)C1CCCC(C)N1. The van der Waals surface area contributed by atoms with Crippen molar-refractivity contribution in [3.63, 3.8) is 0 Å². The largest absolute Gasteiger partial charge is 0.355 e. The lowest BCUT2D eigenvalue weighted by molar-refractivity contribution is -0.123. The van der Waals surface area contributed by atoms with Crippen LogP contribution in [0, 0.1) is 5.92 Å². The van der Waals surface area contributed by atoms with E-state index < -0.39 is 0 Å². The third-order valence-corrected chi connectivity index (χ3v) is 3.94. The summed E-state index contributed by atoms with van der Waals surface area (Å²) in [6.45, 7) is 7.55. The number of nitrogens with one attached hydrogen (secondary N) is 2. The molecule has 2 unspecified atom stereocenters. The molecule has 0 bridgehead atoms. The van der Waals surface area contributed by atoms with E-state index >= 15 is 0 Å². The van der Waals surface area contributed by atoms with Gasteiger partial charge in [-0.2, -0.15) is 0 Å². The summed E-state index contributed by atoms with van der Waals surface area (Å²) < 4.78 is 0. The molecule has 0 aromatic heterocycles. The molecule has 1 aliphatic rings. The minimum atomic E-state index is 0.0460. The van der Waals surface area contributed by atoms with Gasteiger partial charge in [0.2, 0.25) is 5.91 Å². The van der Waals surface area contributed by atoms with Crippen molar-refractivity contribution in [3.8, 4) is 0 Å². The van der Waals surface area contributed by atoms with Crippen LogP contribution in [0.2, 0.25) is 0 Å². The highest BCUT2D eigenvalue weighted by Gasteiger charge is 2.23. The standard InChI is InChI=1S/C16H32N2O/c1-13(2)9-6-4-5-7-12-17-16(19)15-11-8-10-14(3)18-15/h13-15,18H,4-12H2,1-3H3,(H,17,19). The van der Waals surface area contributed by atoms with Gasteiger partial charge in [0.05, 0.1) is 6.04 Å². The molecule has 1 fully saturated rings. The van der Waals surface area contributed by atoms with Crippen LogP contribution in [0.25, 0.3) is 0 Å². The first-order valence-electron chi connectivity index (χ1n) is 8.13. The highest BCUT2D eigenvalue weighted by atomic mass is 16.2. The lowest BCUT2D eigenvalue weighted by atomic mass is 9.99. The van der Waals surface area contributed by atoms with E-state index in [1.165, 1.54) is 38.5 Å². The predicted molar refractivity (Wildman–Crippen MR) is 81.2 cm³/mol. The Hall–Kier alpha value is -0.570. The first-order chi connectivity index (χ1) is 9.09. The molecular formula is C16H32N2O. The second kappa shape index (κ2) is 9.35. The van der Waals surface area contributed by atoms with Crippen LogP contribution in [0.4, 0.5) is 0 Å². The minimum absolute atomic E-state index is 0.0460. The number of carbonyl (C=O) groups is 1. The van der Waals surface area contributed by atoms with Crippen molar-refractivity contribution in [3.05, 3.63) is 0 Å². The van der Waals surface area contributed by atoms with Gasteiger partial charge in [-0.3, -0.25) is 4.79 Å². The van der Waals surface area contributed by atoms with Crippen LogP contribution < -0.4 is 10.6 Å². The molecule has 1 saturated heterocycles. The van der Waals surface area contributed by atoms with Gasteiger partial charge in [-0.15, -0.1) is 0 Å². The predicted octanol–water partition coefficient (Wildman–Crippen LogP) is 3.24. The molecule has 0 radical (unpaired) electrons. The van der Waals surface area contributed by atoms with Gasteiger partial charge < -0.3 is 10.6 Å². The molecule has 0 aliphatic carbocycles. The monoisotopic (exact) mass is 268 g/mol. The minimum Gasteiger partial charge on any atom is -0.355 e. The van der Waals surface area contributed by atoms with Gasteiger partial charge >= 0.3 is 0 Å². The Morgan fingerprint density at radius 3 is 2.63 bits per heavy atom. The summed E-state index contributed by atoms with van der Waals surface area (Å²) in [7, 11) is 0. The zero-order chi connectivity index (χ0) is 14.1. The number of unbranched alkanes of at least 4 members (excludes halogenated alkanes) is 3. The van der Waals surface area contributed by atoms with Crippen molar-refractivity contribution < 1.29 is 4.79 Å². The normalized spacial score (nSPS) is 23.6. The van der Waals surface area contributed by atoms with E-state index in [9.17, 15) is 4.79 Å². The Kier molecular flexibility index (Phi) is 8.11. The topological polar surface area (TPSA) is 41.1 Å². The molecule has 3 heteroatoms. The van der Waals surface area contributed by atoms with E-state index in [2.05, 4.69) is 31.4 Å². The average molecular weight is 268 g/mol. The first kappa shape index (κ1) is 16.5. The van der Waals surface area contributed by atoms with Crippen molar-refractivity contribution in [1.82, 2.24) is 10.6 Å². The van der Waals surface area contributed by atoms with Crippen molar-refractivity contribution in [1.29, 1.82) is 0 Å². The Labute approximate surface area is 118 Å². The van der Waals surface area contributed by atoms with Gasteiger partial charge in [0, 0.05) is 12.6 Å². The molecule has 1 aliphatic heterocycles. The molecule has 1 heterocycles. The van der Waals surface area contributed by atoms with Crippen LogP contribution in [0.1, 0.15) is 72.1 Å². The average Bonchev–Trinajstić information content (AvgIpc) is 2.37. The summed E-state index contributed by atoms with van der Waals surface area (Å²) in [5, 5.41) is 6.45. The van der Waals surface area contributed by atoms with Crippen LogP contribution >= 0.6 is 0 Å². The summed E-state index contributed by atoms with van der Waals surface area (Å²) in [6.07, 6.45) is 9.66. The van der Waals surface area contributed by atoms with Gasteiger partial charge in [-0.05, 0) is 38.5 Å². The molecule has 0 spiro atoms. The van der Waals surface area contributed by atoms with Crippen LogP contribution in [0.5, 0.6) is 0 Å². The Balaban J connectivity index is 1.98. The summed E-state index contributed by atoms with van der Waals surface area (Å²) in [5.41, 5.74) is 0. The number of piperidine rings is 1. The smallest absolute Gasteiger partial charge is 0.237 e. The molecule has 112 valence electrons. The molecule has 2 atom stereocenters. The first-order valence-corrected chi connectivity index (χ1v) is 8.13. The summed E-state index contributed by atoms with van der Waals surface area (Å²) in [4.78, 5) is 11.9. The van der Waals surface area contributed by atoms with E-state index in [1.807, 2.05) is 0 Å². The zero-order valence-corrected chi connectivity index (χ0v) is 13.0. The van der Waals surface area contributed by atoms with E-state index in [0.717, 1.165) is 25.3 Å². The number of carbonyl (C=O) groups excluding carboxylic acids is 1. The van der Waals surface area contributed by atoms with Crippen molar-refractivity contribution in [2.24, 2.45) is 5.92 Å². The second-order valence-electron chi connectivity index (χ2n) is 6.44. The quantitative estimate of drug-likeness (QED) is 0.664. The third kappa shape index (κ3) is 7.56. The fourth-order valence-electron chi connectivity index (χ4n) is 2.71. The Morgan fingerprint density at radius 1 is 1.21 bits per heavy atom. The summed E-state index contributed by atoms with van der Waals surface area (Å²) in [5.74, 6) is 1.02. The second-order valence-corrected chi connectivity index (χ2v) is 6.44. The van der Waals surface area contributed by atoms with Crippen LogP contribution in [0.15, 0.2) is 0 Å². The van der Waals surface area contributed by atoms with E-state index in [1.54, 1.807) is 0 Å². The van der Waals surface area contributed by atoms with E-state index in [0.29, 0.717) is 6.04 Å². The molecule has 1 amide bonds. The van der Waals surface area contributed by atoms with Crippen molar-refractivity contribution in [2.45, 2.75) is 84.2 Å². The molecule has 19 heavy (non-hydrogen) atoms. The molecule has 1 rings (SSSR count). The van der Waals surface area contributed by atoms with Gasteiger partial charge in [0.1, 0.15) is 0 Å². The van der Waals surface area contributed by atoms with E-state index in [-0.39, 0.29) is 11.9 Å². The molecule has 0 aromatic rings. The maximum absolute atomic E-state index is 11.9. The molecule has 0 aromatic carbocycles. The van der Waals surface area contributed by atoms with Gasteiger partial charge in [-0.25, -0.2) is 0 Å². The highest BCUT2D eigenvalue weighted by molar-refractivity contribution is 5.81. The zero-order valence-electron chi connectivity index (χ0n) is 13.0. The molecule has 3 nitrogen and oxygen atoms in total. The summed E-state index contributed by atoms with van der Waals surface area (Å²) >= 11 is 0.